The number of aromatic nitrogens is 4. The van der Waals surface area contributed by atoms with Gasteiger partial charge in [0.25, 0.3) is 5.56 Å². The number of halogens is 2. The number of benzene rings is 1. The van der Waals surface area contributed by atoms with E-state index < -0.39 is 0 Å². The van der Waals surface area contributed by atoms with Gasteiger partial charge in [-0.25, -0.2) is 9.97 Å². The molecule has 3 aromatic rings. The highest BCUT2D eigenvalue weighted by Gasteiger charge is 2.20. The molecule has 0 atom stereocenters. The van der Waals surface area contributed by atoms with Crippen LogP contribution in [0.2, 0.25) is 0 Å². The Labute approximate surface area is 201 Å². The summed E-state index contributed by atoms with van der Waals surface area (Å²) in [7, 11) is 4.07. The molecule has 0 fully saturated rings. The third kappa shape index (κ3) is 5.19. The molecule has 0 radical (unpaired) electrons. The van der Waals surface area contributed by atoms with Crippen LogP contribution in [0, 0.1) is 6.92 Å². The zero-order valence-corrected chi connectivity index (χ0v) is 20.2. The maximum atomic E-state index is 13.1. The molecule has 0 bridgehead atoms. The Morgan fingerprint density at radius 2 is 2.00 bits per heavy atom. The first-order valence-corrected chi connectivity index (χ1v) is 11.4. The van der Waals surface area contributed by atoms with Gasteiger partial charge in [-0.3, -0.25) is 4.79 Å². The van der Waals surface area contributed by atoms with E-state index in [1.54, 1.807) is 6.92 Å². The van der Waals surface area contributed by atoms with E-state index in [2.05, 4.69) is 30.6 Å². The van der Waals surface area contributed by atoms with Crippen molar-refractivity contribution in [3.63, 3.8) is 0 Å². The van der Waals surface area contributed by atoms with Crippen LogP contribution < -0.4 is 16.2 Å². The molecule has 1 aromatic carbocycles. The molecular weight excluding hydrogens is 461 g/mol. The van der Waals surface area contributed by atoms with Gasteiger partial charge in [0, 0.05) is 35.7 Å². The van der Waals surface area contributed by atoms with Gasteiger partial charge in [-0.15, -0.1) is 0 Å². The molecule has 0 saturated carbocycles. The number of rotatable bonds is 7. The highest BCUT2D eigenvalue weighted by molar-refractivity contribution is 6.40. The quantitative estimate of drug-likeness (QED) is 0.507. The van der Waals surface area contributed by atoms with Crippen molar-refractivity contribution in [3.05, 3.63) is 62.7 Å². The zero-order chi connectivity index (χ0) is 23.5. The fourth-order valence-electron chi connectivity index (χ4n) is 3.53. The first kappa shape index (κ1) is 23.2. The first-order chi connectivity index (χ1) is 15.8. The molecule has 1 aliphatic rings. The van der Waals surface area contributed by atoms with Crippen molar-refractivity contribution >= 4 is 57.1 Å². The molecule has 33 heavy (non-hydrogen) atoms. The minimum absolute atomic E-state index is 0.346. The van der Waals surface area contributed by atoms with E-state index in [-0.39, 0.29) is 5.56 Å². The smallest absolute Gasteiger partial charge is 0.282 e. The lowest BCUT2D eigenvalue weighted by Gasteiger charge is -2.16. The number of allylic oxidation sites excluding steroid dienone is 4. The number of aryl methyl sites for hydroxylation is 1. The average molecular weight is 486 g/mol. The monoisotopic (exact) mass is 485 g/mol. The minimum Gasteiger partial charge on any atom is -0.384 e. The highest BCUT2D eigenvalue weighted by atomic mass is 35.5. The lowest BCUT2D eigenvalue weighted by atomic mass is 10.1. The molecule has 0 saturated heterocycles. The molecule has 2 aromatic heterocycles. The Kier molecular flexibility index (Phi) is 6.97. The van der Waals surface area contributed by atoms with Gasteiger partial charge in [0.05, 0.1) is 16.1 Å². The van der Waals surface area contributed by atoms with Crippen LogP contribution in [0.1, 0.15) is 18.5 Å². The van der Waals surface area contributed by atoms with Crippen LogP contribution in [-0.2, 0) is 0 Å². The van der Waals surface area contributed by atoms with Gasteiger partial charge >= 0.3 is 0 Å². The molecule has 8 nitrogen and oxygen atoms in total. The van der Waals surface area contributed by atoms with E-state index in [9.17, 15) is 4.79 Å². The molecule has 0 unspecified atom stereocenters. The fourth-order valence-corrected chi connectivity index (χ4v) is 4.17. The second kappa shape index (κ2) is 9.91. The molecule has 10 heteroatoms. The predicted molar refractivity (Wildman–Crippen MR) is 135 cm³/mol. The van der Waals surface area contributed by atoms with Crippen molar-refractivity contribution in [2.45, 2.75) is 19.8 Å². The van der Waals surface area contributed by atoms with Gasteiger partial charge in [-0.1, -0.05) is 35.3 Å². The van der Waals surface area contributed by atoms with Gasteiger partial charge < -0.3 is 15.5 Å². The van der Waals surface area contributed by atoms with Gasteiger partial charge in [-0.2, -0.15) is 9.78 Å². The van der Waals surface area contributed by atoms with Gasteiger partial charge in [0.2, 0.25) is 5.95 Å². The summed E-state index contributed by atoms with van der Waals surface area (Å²) in [5.41, 5.74) is 2.92. The third-order valence-corrected chi connectivity index (χ3v) is 5.89. The van der Waals surface area contributed by atoms with Crippen molar-refractivity contribution in [2.75, 3.05) is 37.8 Å². The van der Waals surface area contributed by atoms with Crippen LogP contribution in [-0.4, -0.2) is 51.8 Å². The average Bonchev–Trinajstić information content (AvgIpc) is 2.77. The van der Waals surface area contributed by atoms with Crippen molar-refractivity contribution in [3.8, 4) is 0 Å². The Hall–Kier alpha value is -2.94. The van der Waals surface area contributed by atoms with Gasteiger partial charge in [-0.05, 0) is 52.1 Å². The molecular formula is C23H25Cl2N7O. The molecule has 4 rings (SSSR count). The molecule has 0 aliphatic heterocycles. The summed E-state index contributed by atoms with van der Waals surface area (Å²) >= 11 is 12.7. The van der Waals surface area contributed by atoms with Crippen LogP contribution in [0.25, 0.3) is 16.6 Å². The lowest BCUT2D eigenvalue weighted by Crippen LogP contribution is -2.25. The maximum Gasteiger partial charge on any atom is 0.282 e. The van der Waals surface area contributed by atoms with Gasteiger partial charge in [0.1, 0.15) is 11.2 Å². The molecule has 1 aliphatic carbocycles. The summed E-state index contributed by atoms with van der Waals surface area (Å²) in [6, 6.07) is 7.87. The van der Waals surface area contributed by atoms with E-state index in [1.165, 1.54) is 10.9 Å². The van der Waals surface area contributed by atoms with Crippen molar-refractivity contribution in [1.29, 1.82) is 0 Å². The standard InChI is InChI=1S/C23H25Cl2N7O/c1-14-20-17(22(33)32(30-14)21-18(24)8-5-9-19(21)25)13-27-23(29-20)28-16-7-4-6-15(12-16)26-10-11-31(2)3/h4,6-8,12-13,26H,5,9-11H2,1-3H3,(H,27,28,29). The second-order valence-corrected chi connectivity index (χ2v) is 8.90. The maximum absolute atomic E-state index is 13.1. The molecule has 2 N–H and O–H groups in total. The summed E-state index contributed by atoms with van der Waals surface area (Å²) < 4.78 is 1.25. The third-order valence-electron chi connectivity index (χ3n) is 5.19. The van der Waals surface area contributed by atoms with Crippen molar-refractivity contribution in [2.24, 2.45) is 0 Å². The van der Waals surface area contributed by atoms with Crippen molar-refractivity contribution < 1.29 is 0 Å². The fraction of sp³-hybridized carbons (Fsp3) is 0.304. The highest BCUT2D eigenvalue weighted by Crippen LogP contribution is 2.32. The number of hydrogen-bond donors (Lipinski definition) is 2. The topological polar surface area (TPSA) is 88.0 Å². The summed E-state index contributed by atoms with van der Waals surface area (Å²) in [6.45, 7) is 3.55. The van der Waals surface area contributed by atoms with Crippen LogP contribution >= 0.6 is 23.2 Å². The van der Waals surface area contributed by atoms with Crippen LogP contribution in [0.15, 0.2) is 51.4 Å². The summed E-state index contributed by atoms with van der Waals surface area (Å²) in [6.07, 6.45) is 4.68. The Bertz CT molecular complexity index is 1310. The predicted octanol–water partition coefficient (Wildman–Crippen LogP) is 4.54. The number of hydrogen-bond acceptors (Lipinski definition) is 7. The minimum atomic E-state index is -0.365. The molecule has 2 heterocycles. The first-order valence-electron chi connectivity index (χ1n) is 10.6. The number of anilines is 3. The number of nitrogens with one attached hydrogen (secondary N) is 2. The Balaban J connectivity index is 1.63. The lowest BCUT2D eigenvalue weighted by molar-refractivity contribution is 0.425. The molecule has 0 spiro atoms. The van der Waals surface area contributed by atoms with Gasteiger partial charge in [0.15, 0.2) is 0 Å². The molecule has 0 amide bonds. The van der Waals surface area contributed by atoms with Crippen molar-refractivity contribution in [1.82, 2.24) is 24.6 Å². The van der Waals surface area contributed by atoms with Crippen LogP contribution in [0.4, 0.5) is 17.3 Å². The normalized spacial score (nSPS) is 14.1. The number of fused-ring (bicyclic) bond motifs is 1. The SMILES string of the molecule is Cc1nn(C2=C(Cl)CCC=C2Cl)c(=O)c2cnc(Nc3cccc(NCCN(C)C)c3)nc12. The summed E-state index contributed by atoms with van der Waals surface area (Å²) in [4.78, 5) is 24.2. The van der Waals surface area contributed by atoms with E-state index in [0.29, 0.717) is 44.7 Å². The Morgan fingerprint density at radius 1 is 1.21 bits per heavy atom. The van der Waals surface area contributed by atoms with E-state index in [0.717, 1.165) is 30.9 Å². The second-order valence-electron chi connectivity index (χ2n) is 8.04. The zero-order valence-electron chi connectivity index (χ0n) is 18.7. The largest absolute Gasteiger partial charge is 0.384 e. The Morgan fingerprint density at radius 3 is 2.76 bits per heavy atom. The number of nitrogens with zero attached hydrogens (tertiary/aromatic N) is 5. The van der Waals surface area contributed by atoms with E-state index in [4.69, 9.17) is 23.2 Å². The van der Waals surface area contributed by atoms with Crippen LogP contribution in [0.5, 0.6) is 0 Å². The summed E-state index contributed by atoms with van der Waals surface area (Å²) in [5.74, 6) is 0.378. The van der Waals surface area contributed by atoms with E-state index >= 15 is 0 Å². The van der Waals surface area contributed by atoms with E-state index in [1.807, 2.05) is 44.4 Å². The van der Waals surface area contributed by atoms with Crippen LogP contribution in [0.3, 0.4) is 0 Å². The molecule has 172 valence electrons. The summed E-state index contributed by atoms with van der Waals surface area (Å²) in [5, 5.41) is 12.3. The number of likely N-dealkylation sites (N-methyl/N-ethyl adjacent to an activating group) is 1.